The molecular weight excluding hydrogens is 283 g/mol. The van der Waals surface area contributed by atoms with E-state index in [1.807, 2.05) is 6.07 Å². The normalized spacial score (nSPS) is 13.5. The highest BCUT2D eigenvalue weighted by atomic mass is 19.1. The van der Waals surface area contributed by atoms with Gasteiger partial charge in [0, 0.05) is 25.2 Å². The molecule has 0 unspecified atom stereocenters. The van der Waals surface area contributed by atoms with Gasteiger partial charge in [-0.05, 0) is 36.8 Å². The lowest BCUT2D eigenvalue weighted by atomic mass is 10.1. The molecule has 22 heavy (non-hydrogen) atoms. The molecule has 2 N–H and O–H groups in total. The van der Waals surface area contributed by atoms with Gasteiger partial charge in [-0.2, -0.15) is 0 Å². The Morgan fingerprint density at radius 1 is 1.45 bits per heavy atom. The first kappa shape index (κ1) is 14.3. The monoisotopic (exact) mass is 300 g/mol. The molecule has 1 aromatic heterocycles. The Morgan fingerprint density at radius 3 is 3.05 bits per heavy atom. The van der Waals surface area contributed by atoms with Crippen LogP contribution in [0.3, 0.4) is 0 Å². The predicted octanol–water partition coefficient (Wildman–Crippen LogP) is 2.70. The summed E-state index contributed by atoms with van der Waals surface area (Å²) in [5.41, 5.74) is 2.60. The van der Waals surface area contributed by atoms with Gasteiger partial charge in [-0.25, -0.2) is 4.39 Å². The topological polar surface area (TPSA) is 61.3 Å². The molecule has 6 heteroatoms. The molecule has 2 aromatic rings. The summed E-state index contributed by atoms with van der Waals surface area (Å²) < 4.78 is 13.8. The highest BCUT2D eigenvalue weighted by Gasteiger charge is 2.21. The fraction of sp³-hybridized carbons (Fsp3) is 0.250. The fourth-order valence-electron chi connectivity index (χ4n) is 2.56. The largest absolute Gasteiger partial charge is 0.508 e. The van der Waals surface area contributed by atoms with Gasteiger partial charge in [0.05, 0.1) is 11.4 Å². The number of aromatic hydroxyl groups is 1. The number of aromatic nitrogens is 2. The van der Waals surface area contributed by atoms with Gasteiger partial charge >= 0.3 is 0 Å². The average Bonchev–Trinajstić information content (AvgIpc) is 2.54. The Hall–Kier alpha value is -2.63. The first-order valence-corrected chi connectivity index (χ1v) is 7.06. The zero-order valence-corrected chi connectivity index (χ0v) is 12.3. The number of phenolic OH excluding ortho intramolecular Hbond substituents is 1. The van der Waals surface area contributed by atoms with Crippen molar-refractivity contribution in [2.24, 2.45) is 0 Å². The van der Waals surface area contributed by atoms with E-state index in [9.17, 15) is 9.50 Å². The molecular formula is C16H17FN4O. The molecule has 0 bridgehead atoms. The van der Waals surface area contributed by atoms with Crippen LogP contribution in [0.5, 0.6) is 5.75 Å². The Morgan fingerprint density at radius 2 is 2.27 bits per heavy atom. The quantitative estimate of drug-likeness (QED) is 0.912. The van der Waals surface area contributed by atoms with E-state index in [4.69, 9.17) is 0 Å². The van der Waals surface area contributed by atoms with Crippen LogP contribution in [0.2, 0.25) is 0 Å². The Labute approximate surface area is 128 Å². The maximum absolute atomic E-state index is 13.8. The van der Waals surface area contributed by atoms with Crippen LogP contribution in [0.4, 0.5) is 15.9 Å². The summed E-state index contributed by atoms with van der Waals surface area (Å²) in [6, 6.07) is 4.55. The molecule has 1 aliphatic rings. The smallest absolute Gasteiger partial charge is 0.172 e. The minimum absolute atomic E-state index is 0.102. The fourth-order valence-corrected chi connectivity index (χ4v) is 2.56. The van der Waals surface area contributed by atoms with Crippen LogP contribution >= 0.6 is 0 Å². The molecule has 5 nitrogen and oxygen atoms in total. The van der Waals surface area contributed by atoms with Crippen LogP contribution in [-0.4, -0.2) is 28.4 Å². The van der Waals surface area contributed by atoms with Gasteiger partial charge in [0.1, 0.15) is 11.6 Å². The molecule has 2 heterocycles. The second-order valence-electron chi connectivity index (χ2n) is 5.23. The van der Waals surface area contributed by atoms with Crippen LogP contribution in [-0.2, 0) is 6.54 Å². The van der Waals surface area contributed by atoms with Gasteiger partial charge < -0.3 is 15.3 Å². The zero-order chi connectivity index (χ0) is 15.7. The molecule has 0 spiro atoms. The second kappa shape index (κ2) is 5.63. The van der Waals surface area contributed by atoms with E-state index in [0.717, 1.165) is 12.2 Å². The molecule has 1 aromatic carbocycles. The summed E-state index contributed by atoms with van der Waals surface area (Å²) >= 11 is 0. The number of anilines is 2. The third-order valence-electron chi connectivity index (χ3n) is 3.87. The van der Waals surface area contributed by atoms with Gasteiger partial charge in [0.15, 0.2) is 5.82 Å². The van der Waals surface area contributed by atoms with Gasteiger partial charge in [-0.3, -0.25) is 0 Å². The lowest BCUT2D eigenvalue weighted by Crippen LogP contribution is -2.34. The minimum Gasteiger partial charge on any atom is -0.508 e. The summed E-state index contributed by atoms with van der Waals surface area (Å²) in [4.78, 5) is 2.05. The molecule has 0 aliphatic carbocycles. The molecule has 3 rings (SSSR count). The third-order valence-corrected chi connectivity index (χ3v) is 3.87. The van der Waals surface area contributed by atoms with E-state index in [-0.39, 0.29) is 11.6 Å². The van der Waals surface area contributed by atoms with Crippen molar-refractivity contribution in [1.29, 1.82) is 0 Å². The minimum atomic E-state index is -0.317. The summed E-state index contributed by atoms with van der Waals surface area (Å²) in [5.74, 6) is 0.470. The van der Waals surface area contributed by atoms with Crippen molar-refractivity contribution in [3.05, 3.63) is 47.4 Å². The Bertz CT molecular complexity index is 732. The highest BCUT2D eigenvalue weighted by molar-refractivity contribution is 5.70. The SMILES string of the molecule is C=Cc1cc2c(nn1)NCCN2Cc1c(O)ccc(F)c1C. The number of hydrogen-bond acceptors (Lipinski definition) is 5. The number of halogens is 1. The number of nitrogens with zero attached hydrogens (tertiary/aromatic N) is 3. The van der Waals surface area contributed by atoms with Crippen LogP contribution in [0, 0.1) is 12.7 Å². The molecule has 1 aliphatic heterocycles. The summed E-state index contributed by atoms with van der Waals surface area (Å²) in [7, 11) is 0. The molecule has 0 atom stereocenters. The number of hydrogen-bond donors (Lipinski definition) is 2. The summed E-state index contributed by atoms with van der Waals surface area (Å²) in [5, 5.41) is 21.4. The van der Waals surface area contributed by atoms with E-state index < -0.39 is 0 Å². The van der Waals surface area contributed by atoms with E-state index in [2.05, 4.69) is 27.0 Å². The number of nitrogens with one attached hydrogen (secondary N) is 1. The van der Waals surface area contributed by atoms with Crippen LogP contribution in [0.1, 0.15) is 16.8 Å². The van der Waals surface area contributed by atoms with E-state index in [1.165, 1.54) is 12.1 Å². The molecule has 0 saturated heterocycles. The van der Waals surface area contributed by atoms with Crippen molar-refractivity contribution < 1.29 is 9.50 Å². The second-order valence-corrected chi connectivity index (χ2v) is 5.23. The van der Waals surface area contributed by atoms with Crippen molar-refractivity contribution in [3.8, 4) is 5.75 Å². The van der Waals surface area contributed by atoms with Crippen LogP contribution in [0.15, 0.2) is 24.8 Å². The Balaban J connectivity index is 1.99. The van der Waals surface area contributed by atoms with Crippen LogP contribution in [0.25, 0.3) is 6.08 Å². The summed E-state index contributed by atoms with van der Waals surface area (Å²) in [6.45, 7) is 7.22. The van der Waals surface area contributed by atoms with Gasteiger partial charge in [0.2, 0.25) is 0 Å². The Kier molecular flexibility index (Phi) is 3.66. The van der Waals surface area contributed by atoms with Gasteiger partial charge in [-0.1, -0.05) is 6.58 Å². The zero-order valence-electron chi connectivity index (χ0n) is 12.3. The molecule has 114 valence electrons. The van der Waals surface area contributed by atoms with Crippen molar-refractivity contribution in [2.45, 2.75) is 13.5 Å². The molecule has 0 radical (unpaired) electrons. The lowest BCUT2D eigenvalue weighted by Gasteiger charge is -2.31. The van der Waals surface area contributed by atoms with Crippen molar-refractivity contribution in [1.82, 2.24) is 10.2 Å². The maximum atomic E-state index is 13.8. The number of fused-ring (bicyclic) bond motifs is 1. The van der Waals surface area contributed by atoms with E-state index >= 15 is 0 Å². The number of phenols is 1. The molecule has 0 amide bonds. The predicted molar refractivity (Wildman–Crippen MR) is 84.5 cm³/mol. The maximum Gasteiger partial charge on any atom is 0.172 e. The van der Waals surface area contributed by atoms with Crippen molar-refractivity contribution in [3.63, 3.8) is 0 Å². The van der Waals surface area contributed by atoms with Crippen molar-refractivity contribution in [2.75, 3.05) is 23.3 Å². The lowest BCUT2D eigenvalue weighted by molar-refractivity contribution is 0.463. The number of rotatable bonds is 3. The average molecular weight is 300 g/mol. The van der Waals surface area contributed by atoms with E-state index in [0.29, 0.717) is 35.7 Å². The standard InChI is InChI=1S/C16H17FN4O/c1-3-11-8-14-16(20-19-11)18-6-7-21(14)9-12-10(2)13(17)4-5-15(12)22/h3-5,8,22H,1,6-7,9H2,2H3,(H,18,20). The van der Waals surface area contributed by atoms with Crippen molar-refractivity contribution >= 4 is 17.6 Å². The number of benzene rings is 1. The molecule has 0 fully saturated rings. The first-order chi connectivity index (χ1) is 10.6. The van der Waals surface area contributed by atoms with Gasteiger partial charge in [0.25, 0.3) is 0 Å². The van der Waals surface area contributed by atoms with Crippen LogP contribution < -0.4 is 10.2 Å². The first-order valence-electron chi connectivity index (χ1n) is 7.06. The highest BCUT2D eigenvalue weighted by Crippen LogP contribution is 2.31. The molecule has 0 saturated carbocycles. The van der Waals surface area contributed by atoms with E-state index in [1.54, 1.807) is 13.0 Å². The summed E-state index contributed by atoms with van der Waals surface area (Å²) in [6.07, 6.45) is 1.63. The third kappa shape index (κ3) is 2.47. The van der Waals surface area contributed by atoms with Gasteiger partial charge in [-0.15, -0.1) is 10.2 Å².